The molecule has 0 aromatic heterocycles. The average molecular weight is 376 g/mol. The molecule has 5 heteroatoms. The van der Waals surface area contributed by atoms with E-state index in [4.69, 9.17) is 4.74 Å². The zero-order valence-corrected chi connectivity index (χ0v) is 16.0. The first kappa shape index (κ1) is 17.3. The molecule has 1 aliphatic heterocycles. The summed E-state index contributed by atoms with van der Waals surface area (Å²) in [4.78, 5) is 27.6. The number of fused-ring (bicyclic) bond motifs is 1. The third kappa shape index (κ3) is 2.77. The van der Waals surface area contributed by atoms with Gasteiger partial charge in [-0.15, -0.1) is 0 Å². The smallest absolute Gasteiger partial charge is 0.235 e. The van der Waals surface area contributed by atoms with E-state index in [1.54, 1.807) is 7.11 Å². The molecule has 2 fully saturated rings. The largest absolute Gasteiger partial charge is 0.496 e. The van der Waals surface area contributed by atoms with Crippen LogP contribution < -0.4 is 15.0 Å². The molecule has 1 heterocycles. The van der Waals surface area contributed by atoms with Crippen molar-refractivity contribution in [3.05, 3.63) is 53.6 Å². The topological polar surface area (TPSA) is 58.6 Å². The molecule has 5 rings (SSSR count). The van der Waals surface area contributed by atoms with E-state index in [2.05, 4.69) is 5.32 Å². The van der Waals surface area contributed by atoms with E-state index in [9.17, 15) is 9.59 Å². The Morgan fingerprint density at radius 3 is 2.64 bits per heavy atom. The van der Waals surface area contributed by atoms with E-state index < -0.39 is 5.41 Å². The molecule has 28 heavy (non-hydrogen) atoms. The quantitative estimate of drug-likeness (QED) is 0.866. The summed E-state index contributed by atoms with van der Waals surface area (Å²) in [6.45, 7) is 0.743. The molecule has 2 aliphatic carbocycles. The highest BCUT2D eigenvalue weighted by molar-refractivity contribution is 6.03. The van der Waals surface area contributed by atoms with Crippen LogP contribution in [0.3, 0.4) is 0 Å². The fraction of sp³-hybridized carbons (Fsp3) is 0.391. The summed E-state index contributed by atoms with van der Waals surface area (Å²) in [5.41, 5.74) is 3.31. The fourth-order valence-corrected chi connectivity index (χ4v) is 4.27. The molecule has 0 spiro atoms. The van der Waals surface area contributed by atoms with Crippen molar-refractivity contribution in [3.63, 3.8) is 0 Å². The highest BCUT2D eigenvalue weighted by Gasteiger charge is 2.52. The number of nitrogens with one attached hydrogen (secondary N) is 1. The van der Waals surface area contributed by atoms with Crippen molar-refractivity contribution in [2.45, 2.75) is 37.5 Å². The maximum absolute atomic E-state index is 13.2. The van der Waals surface area contributed by atoms with Crippen LogP contribution in [-0.2, 0) is 21.4 Å². The first-order valence-corrected chi connectivity index (χ1v) is 10.0. The van der Waals surface area contributed by atoms with Gasteiger partial charge in [-0.2, -0.15) is 0 Å². The van der Waals surface area contributed by atoms with Gasteiger partial charge < -0.3 is 15.0 Å². The molecule has 0 bridgehead atoms. The van der Waals surface area contributed by atoms with Gasteiger partial charge in [-0.05, 0) is 55.9 Å². The van der Waals surface area contributed by atoms with Crippen LogP contribution in [0.2, 0.25) is 0 Å². The zero-order valence-electron chi connectivity index (χ0n) is 16.0. The first-order valence-electron chi connectivity index (χ1n) is 10.0. The molecule has 3 aliphatic rings. The number of benzene rings is 2. The second-order valence-electron chi connectivity index (χ2n) is 8.09. The van der Waals surface area contributed by atoms with E-state index in [0.29, 0.717) is 0 Å². The van der Waals surface area contributed by atoms with E-state index >= 15 is 0 Å². The molecule has 144 valence electrons. The number of hydrogen-bond acceptors (Lipinski definition) is 3. The monoisotopic (exact) mass is 376 g/mol. The Hall–Kier alpha value is -2.82. The van der Waals surface area contributed by atoms with Crippen molar-refractivity contribution in [3.8, 4) is 5.75 Å². The number of nitrogens with zero attached hydrogens (tertiary/aromatic N) is 1. The van der Waals surface area contributed by atoms with E-state index in [-0.39, 0.29) is 17.7 Å². The van der Waals surface area contributed by atoms with E-state index in [0.717, 1.165) is 61.3 Å². The maximum atomic E-state index is 13.2. The highest BCUT2D eigenvalue weighted by atomic mass is 16.5. The third-order valence-corrected chi connectivity index (χ3v) is 6.24. The molecule has 2 aromatic rings. The van der Waals surface area contributed by atoms with Crippen LogP contribution in [0.5, 0.6) is 5.75 Å². The lowest BCUT2D eigenvalue weighted by atomic mass is 9.93. The molecule has 0 radical (unpaired) electrons. The lowest BCUT2D eigenvalue weighted by Gasteiger charge is -2.20. The number of carbonyl (C=O) groups is 2. The summed E-state index contributed by atoms with van der Waals surface area (Å²) in [6.07, 6.45) is 4.52. The van der Waals surface area contributed by atoms with Crippen molar-refractivity contribution in [2.24, 2.45) is 5.92 Å². The van der Waals surface area contributed by atoms with Gasteiger partial charge in [-0.1, -0.05) is 24.3 Å². The Bertz CT molecular complexity index is 960. The molecule has 0 unspecified atom stereocenters. The first-order chi connectivity index (χ1) is 13.6. The van der Waals surface area contributed by atoms with Crippen LogP contribution in [0.15, 0.2) is 42.5 Å². The number of hydrogen-bond donors (Lipinski definition) is 1. The Balaban J connectivity index is 1.39. The normalized spacial score (nSPS) is 19.1. The lowest BCUT2D eigenvalue weighted by Crippen LogP contribution is -2.30. The van der Waals surface area contributed by atoms with Crippen LogP contribution in [0.4, 0.5) is 11.4 Å². The zero-order chi connectivity index (χ0) is 19.3. The Morgan fingerprint density at radius 1 is 1.14 bits per heavy atom. The summed E-state index contributed by atoms with van der Waals surface area (Å²) < 4.78 is 5.48. The van der Waals surface area contributed by atoms with Crippen molar-refractivity contribution in [1.29, 1.82) is 0 Å². The fourth-order valence-electron chi connectivity index (χ4n) is 4.27. The van der Waals surface area contributed by atoms with Gasteiger partial charge in [-0.25, -0.2) is 0 Å². The Kier molecular flexibility index (Phi) is 3.93. The van der Waals surface area contributed by atoms with Gasteiger partial charge in [0, 0.05) is 29.4 Å². The van der Waals surface area contributed by atoms with Crippen LogP contribution in [0.1, 0.15) is 36.8 Å². The summed E-state index contributed by atoms with van der Waals surface area (Å²) in [5, 5.41) is 3.10. The van der Waals surface area contributed by atoms with Gasteiger partial charge in [0.1, 0.15) is 5.75 Å². The molecular formula is C23H24N2O3. The number of ether oxygens (including phenoxy) is 1. The summed E-state index contributed by atoms with van der Waals surface area (Å²) in [6, 6.07) is 13.7. The van der Waals surface area contributed by atoms with Crippen molar-refractivity contribution in [2.75, 3.05) is 23.9 Å². The SMILES string of the molecule is COc1ccccc1C1(C(=O)Nc2ccc3c(c2)N(C(=O)C2CC2)CC3)CC1. The number of anilines is 2. The molecule has 1 N–H and O–H groups in total. The Morgan fingerprint density at radius 2 is 1.93 bits per heavy atom. The number of methoxy groups -OCH3 is 1. The number of para-hydroxylation sites is 1. The second-order valence-corrected chi connectivity index (χ2v) is 8.09. The van der Waals surface area contributed by atoms with Gasteiger partial charge in [-0.3, -0.25) is 9.59 Å². The summed E-state index contributed by atoms with van der Waals surface area (Å²) in [5.74, 6) is 1.18. The number of rotatable bonds is 5. The standard InChI is InChI=1S/C23H24N2O3/c1-28-20-5-3-2-4-18(20)23(11-12-23)22(27)24-17-9-8-15-10-13-25(19(15)14-17)21(26)16-6-7-16/h2-5,8-9,14,16H,6-7,10-13H2,1H3,(H,24,27). The molecule has 5 nitrogen and oxygen atoms in total. The van der Waals surface area contributed by atoms with Crippen molar-refractivity contribution < 1.29 is 14.3 Å². The molecule has 2 amide bonds. The molecular weight excluding hydrogens is 352 g/mol. The van der Waals surface area contributed by atoms with Gasteiger partial charge >= 0.3 is 0 Å². The van der Waals surface area contributed by atoms with Crippen LogP contribution in [0, 0.1) is 5.92 Å². The van der Waals surface area contributed by atoms with Crippen molar-refractivity contribution in [1.82, 2.24) is 0 Å². The average Bonchev–Trinajstić information content (AvgIpc) is 3.64. The van der Waals surface area contributed by atoms with Crippen molar-refractivity contribution >= 4 is 23.2 Å². The molecule has 2 saturated carbocycles. The van der Waals surface area contributed by atoms with Gasteiger partial charge in [0.05, 0.1) is 12.5 Å². The predicted molar refractivity (Wildman–Crippen MR) is 108 cm³/mol. The number of amides is 2. The second kappa shape index (κ2) is 6.36. The van der Waals surface area contributed by atoms with Crippen LogP contribution in [0.25, 0.3) is 0 Å². The minimum absolute atomic E-state index is 0.00461. The predicted octanol–water partition coefficient (Wildman–Crippen LogP) is 3.66. The van der Waals surface area contributed by atoms with Crippen LogP contribution >= 0.6 is 0 Å². The minimum Gasteiger partial charge on any atom is -0.496 e. The Labute approximate surface area is 164 Å². The minimum atomic E-state index is -0.519. The van der Waals surface area contributed by atoms with Gasteiger partial charge in [0.25, 0.3) is 0 Å². The molecule has 2 aromatic carbocycles. The van der Waals surface area contributed by atoms with E-state index in [1.165, 1.54) is 5.56 Å². The summed E-state index contributed by atoms with van der Waals surface area (Å²) >= 11 is 0. The van der Waals surface area contributed by atoms with Gasteiger partial charge in [0.2, 0.25) is 11.8 Å². The maximum Gasteiger partial charge on any atom is 0.235 e. The third-order valence-electron chi connectivity index (χ3n) is 6.24. The lowest BCUT2D eigenvalue weighted by molar-refractivity contribution is -0.120. The molecule has 0 saturated heterocycles. The van der Waals surface area contributed by atoms with Gasteiger partial charge in [0.15, 0.2) is 0 Å². The van der Waals surface area contributed by atoms with E-state index in [1.807, 2.05) is 47.4 Å². The summed E-state index contributed by atoms with van der Waals surface area (Å²) in [7, 11) is 1.64. The highest BCUT2D eigenvalue weighted by Crippen LogP contribution is 2.52. The van der Waals surface area contributed by atoms with Crippen LogP contribution in [-0.4, -0.2) is 25.5 Å². The number of carbonyl (C=O) groups excluding carboxylic acids is 2. The molecule has 0 atom stereocenters.